The van der Waals surface area contributed by atoms with Gasteiger partial charge in [-0.05, 0) is 19.5 Å². The maximum atomic E-state index is 11.5. The summed E-state index contributed by atoms with van der Waals surface area (Å²) in [6.07, 6.45) is 0. The van der Waals surface area contributed by atoms with Crippen LogP contribution in [0.2, 0.25) is 0 Å². The van der Waals surface area contributed by atoms with Crippen LogP contribution in [0.3, 0.4) is 0 Å². The van der Waals surface area contributed by atoms with Gasteiger partial charge in [-0.3, -0.25) is 4.79 Å². The highest BCUT2D eigenvalue weighted by Gasteiger charge is 2.16. The molecule has 3 nitrogen and oxygen atoms in total. The van der Waals surface area contributed by atoms with Gasteiger partial charge in [0.1, 0.15) is 6.04 Å². The fourth-order valence-electron chi connectivity index (χ4n) is 1.38. The van der Waals surface area contributed by atoms with Crippen molar-refractivity contribution in [1.29, 1.82) is 0 Å². The van der Waals surface area contributed by atoms with Crippen LogP contribution in [0, 0.1) is 0 Å². The minimum absolute atomic E-state index is 0.171. The van der Waals surface area contributed by atoms with Crippen LogP contribution in [-0.4, -0.2) is 31.4 Å². The van der Waals surface area contributed by atoms with E-state index in [-0.39, 0.29) is 12.0 Å². The highest BCUT2D eigenvalue weighted by molar-refractivity contribution is 7.98. The molecular formula is C13H19NO2S. The zero-order valence-electron chi connectivity index (χ0n) is 10.3. The van der Waals surface area contributed by atoms with E-state index in [0.717, 1.165) is 11.5 Å². The van der Waals surface area contributed by atoms with Crippen LogP contribution in [0.1, 0.15) is 12.5 Å². The Morgan fingerprint density at radius 2 is 2.12 bits per heavy atom. The van der Waals surface area contributed by atoms with Crippen molar-refractivity contribution < 1.29 is 9.53 Å². The van der Waals surface area contributed by atoms with E-state index in [1.54, 1.807) is 18.8 Å². The lowest BCUT2D eigenvalue weighted by molar-refractivity contribution is -0.144. The molecule has 0 radical (unpaired) electrons. The minimum Gasteiger partial charge on any atom is -0.465 e. The molecule has 0 aliphatic carbocycles. The SMILES string of the molecule is CCOC(=O)[C@H](CSCc1ccccc1)NC. The summed E-state index contributed by atoms with van der Waals surface area (Å²) in [5.74, 6) is 1.47. The first-order valence-electron chi connectivity index (χ1n) is 5.73. The number of likely N-dealkylation sites (N-methyl/N-ethyl adjacent to an activating group) is 1. The summed E-state index contributed by atoms with van der Waals surface area (Å²) in [6.45, 7) is 2.25. The van der Waals surface area contributed by atoms with Gasteiger partial charge in [-0.2, -0.15) is 11.8 Å². The largest absolute Gasteiger partial charge is 0.465 e. The van der Waals surface area contributed by atoms with E-state index >= 15 is 0 Å². The van der Waals surface area contributed by atoms with Gasteiger partial charge in [-0.25, -0.2) is 0 Å². The van der Waals surface area contributed by atoms with Crippen molar-refractivity contribution in [3.05, 3.63) is 35.9 Å². The second kappa shape index (κ2) is 8.14. The molecule has 0 saturated carbocycles. The lowest BCUT2D eigenvalue weighted by Gasteiger charge is -2.14. The van der Waals surface area contributed by atoms with Crippen LogP contribution in [0.4, 0.5) is 0 Å². The molecule has 0 aliphatic heterocycles. The molecule has 1 aromatic rings. The third-order valence-electron chi connectivity index (χ3n) is 2.32. The van der Waals surface area contributed by atoms with Gasteiger partial charge in [0.25, 0.3) is 0 Å². The number of carbonyl (C=O) groups excluding carboxylic acids is 1. The molecule has 17 heavy (non-hydrogen) atoms. The normalized spacial score (nSPS) is 12.1. The van der Waals surface area contributed by atoms with Crippen molar-refractivity contribution in [3.8, 4) is 0 Å². The highest BCUT2D eigenvalue weighted by Crippen LogP contribution is 2.13. The molecule has 0 aliphatic rings. The van der Waals surface area contributed by atoms with Crippen LogP contribution < -0.4 is 5.32 Å². The smallest absolute Gasteiger partial charge is 0.323 e. The molecule has 1 aromatic carbocycles. The van der Waals surface area contributed by atoms with Crippen molar-refractivity contribution >= 4 is 17.7 Å². The van der Waals surface area contributed by atoms with Gasteiger partial charge in [0.05, 0.1) is 6.61 Å². The van der Waals surface area contributed by atoms with E-state index in [0.29, 0.717) is 6.61 Å². The maximum Gasteiger partial charge on any atom is 0.323 e. The molecule has 0 aromatic heterocycles. The standard InChI is InChI=1S/C13H19NO2S/c1-3-16-13(15)12(14-2)10-17-9-11-7-5-4-6-8-11/h4-8,12,14H,3,9-10H2,1-2H3/t12-/m0/s1. The van der Waals surface area contributed by atoms with Gasteiger partial charge in [-0.1, -0.05) is 30.3 Å². The van der Waals surface area contributed by atoms with E-state index in [1.807, 2.05) is 25.1 Å². The monoisotopic (exact) mass is 253 g/mol. The number of thioether (sulfide) groups is 1. The minimum atomic E-state index is -0.219. The number of ether oxygens (including phenoxy) is 1. The van der Waals surface area contributed by atoms with E-state index in [4.69, 9.17) is 4.74 Å². The molecule has 1 atom stereocenters. The second-order valence-electron chi connectivity index (χ2n) is 3.59. The van der Waals surface area contributed by atoms with Crippen molar-refractivity contribution in [1.82, 2.24) is 5.32 Å². The Hall–Kier alpha value is -1.00. The number of esters is 1. The van der Waals surface area contributed by atoms with E-state index in [1.165, 1.54) is 5.56 Å². The van der Waals surface area contributed by atoms with Crippen molar-refractivity contribution in [2.24, 2.45) is 0 Å². The van der Waals surface area contributed by atoms with Crippen LogP contribution in [0.25, 0.3) is 0 Å². The maximum absolute atomic E-state index is 11.5. The van der Waals surface area contributed by atoms with Crippen LogP contribution in [-0.2, 0) is 15.3 Å². The molecule has 4 heteroatoms. The van der Waals surface area contributed by atoms with Crippen molar-refractivity contribution in [3.63, 3.8) is 0 Å². The summed E-state index contributed by atoms with van der Waals surface area (Å²) < 4.78 is 4.98. The third-order valence-corrected chi connectivity index (χ3v) is 3.42. The summed E-state index contributed by atoms with van der Waals surface area (Å²) in [4.78, 5) is 11.5. The molecule has 0 saturated heterocycles. The van der Waals surface area contributed by atoms with Crippen molar-refractivity contribution in [2.75, 3.05) is 19.4 Å². The topological polar surface area (TPSA) is 38.3 Å². The Labute approximate surface area is 107 Å². The summed E-state index contributed by atoms with van der Waals surface area (Å²) in [5, 5.41) is 2.98. The number of nitrogens with one attached hydrogen (secondary N) is 1. The molecule has 0 fully saturated rings. The average Bonchev–Trinajstić information content (AvgIpc) is 2.36. The summed E-state index contributed by atoms with van der Waals surface area (Å²) in [6, 6.07) is 10.0. The molecule has 1 rings (SSSR count). The highest BCUT2D eigenvalue weighted by atomic mass is 32.2. The second-order valence-corrected chi connectivity index (χ2v) is 4.62. The Bertz CT molecular complexity index is 329. The van der Waals surface area contributed by atoms with Crippen molar-refractivity contribution in [2.45, 2.75) is 18.7 Å². The zero-order valence-corrected chi connectivity index (χ0v) is 11.1. The summed E-state index contributed by atoms with van der Waals surface area (Å²) in [5.41, 5.74) is 1.27. The fraction of sp³-hybridized carbons (Fsp3) is 0.462. The lowest BCUT2D eigenvalue weighted by atomic mass is 10.2. The molecule has 0 unspecified atom stereocenters. The first kappa shape index (κ1) is 14.1. The van der Waals surface area contributed by atoms with Gasteiger partial charge < -0.3 is 10.1 Å². The van der Waals surface area contributed by atoms with Gasteiger partial charge in [0.15, 0.2) is 0 Å². The fourth-order valence-corrected chi connectivity index (χ4v) is 2.47. The molecule has 1 N–H and O–H groups in total. The molecule has 0 amide bonds. The Morgan fingerprint density at radius 1 is 1.41 bits per heavy atom. The van der Waals surface area contributed by atoms with Crippen LogP contribution in [0.15, 0.2) is 30.3 Å². The Morgan fingerprint density at radius 3 is 2.71 bits per heavy atom. The van der Waals surface area contributed by atoms with E-state index < -0.39 is 0 Å². The van der Waals surface area contributed by atoms with Crippen LogP contribution in [0.5, 0.6) is 0 Å². The number of rotatable bonds is 7. The van der Waals surface area contributed by atoms with Gasteiger partial charge >= 0.3 is 5.97 Å². The first-order valence-corrected chi connectivity index (χ1v) is 6.89. The molecule has 0 spiro atoms. The molecule has 0 bridgehead atoms. The molecule has 94 valence electrons. The number of hydrogen-bond acceptors (Lipinski definition) is 4. The number of hydrogen-bond donors (Lipinski definition) is 1. The van der Waals surface area contributed by atoms with Gasteiger partial charge in [-0.15, -0.1) is 0 Å². The molecule has 0 heterocycles. The quantitative estimate of drug-likeness (QED) is 0.755. The number of carbonyl (C=O) groups is 1. The average molecular weight is 253 g/mol. The van der Waals surface area contributed by atoms with E-state index in [9.17, 15) is 4.79 Å². The summed E-state index contributed by atoms with van der Waals surface area (Å²) >= 11 is 1.73. The first-order chi connectivity index (χ1) is 8.27. The summed E-state index contributed by atoms with van der Waals surface area (Å²) in [7, 11) is 1.78. The Balaban J connectivity index is 2.31. The van der Waals surface area contributed by atoms with Gasteiger partial charge in [0, 0.05) is 11.5 Å². The third kappa shape index (κ3) is 5.24. The van der Waals surface area contributed by atoms with Gasteiger partial charge in [0.2, 0.25) is 0 Å². The van der Waals surface area contributed by atoms with E-state index in [2.05, 4.69) is 17.4 Å². The Kier molecular flexibility index (Phi) is 6.74. The van der Waals surface area contributed by atoms with Crippen LogP contribution >= 0.6 is 11.8 Å². The number of benzene rings is 1. The predicted octanol–water partition coefficient (Wildman–Crippen LogP) is 2.07. The zero-order chi connectivity index (χ0) is 12.5. The predicted molar refractivity (Wildman–Crippen MR) is 72.1 cm³/mol. The lowest BCUT2D eigenvalue weighted by Crippen LogP contribution is -2.37. The molecular weight excluding hydrogens is 234 g/mol.